The van der Waals surface area contributed by atoms with Gasteiger partial charge in [-0.3, -0.25) is 0 Å². The number of nitriles is 1. The van der Waals surface area contributed by atoms with Crippen LogP contribution in [0.1, 0.15) is 51.9 Å². The molecule has 0 fully saturated rings. The number of hydrogen-bond donors (Lipinski definition) is 2. The Morgan fingerprint density at radius 1 is 1.59 bits per heavy atom. The number of nitrogens with one attached hydrogen (secondary N) is 2. The smallest absolute Gasteiger partial charge is 0.123 e. The van der Waals surface area contributed by atoms with Gasteiger partial charge in [-0.1, -0.05) is 20.8 Å². The monoisotopic (exact) mass is 234 g/mol. The number of nitrogens with zero attached hydrogens (tertiary/aromatic N) is 2. The van der Waals surface area contributed by atoms with Gasteiger partial charge >= 0.3 is 0 Å². The summed E-state index contributed by atoms with van der Waals surface area (Å²) in [6.45, 7) is 7.41. The van der Waals surface area contributed by atoms with Crippen LogP contribution in [0.15, 0.2) is 12.4 Å². The normalized spacial score (nSPS) is 13.3. The largest absolute Gasteiger partial charge is 0.347 e. The quantitative estimate of drug-likeness (QED) is 0.762. The topological polar surface area (TPSA) is 64.5 Å². The Kier molecular flexibility index (Phi) is 5.17. The molecular weight excluding hydrogens is 212 g/mol. The number of aromatic amines is 1. The molecule has 0 bridgehead atoms. The van der Waals surface area contributed by atoms with Crippen molar-refractivity contribution in [2.75, 3.05) is 6.54 Å². The Bertz CT molecular complexity index is 348. The van der Waals surface area contributed by atoms with Gasteiger partial charge in [0.05, 0.1) is 12.1 Å². The van der Waals surface area contributed by atoms with Crippen molar-refractivity contribution in [1.29, 1.82) is 5.26 Å². The van der Waals surface area contributed by atoms with E-state index in [0.29, 0.717) is 6.42 Å². The summed E-state index contributed by atoms with van der Waals surface area (Å²) in [5.41, 5.74) is 0.149. The van der Waals surface area contributed by atoms with Crippen LogP contribution in [0.25, 0.3) is 0 Å². The second-order valence-electron chi connectivity index (χ2n) is 5.14. The fourth-order valence-corrected chi connectivity index (χ4v) is 1.78. The van der Waals surface area contributed by atoms with Crippen LogP contribution in [0.5, 0.6) is 0 Å². The predicted octanol–water partition coefficient (Wildman–Crippen LogP) is 2.78. The number of rotatable bonds is 7. The van der Waals surface area contributed by atoms with Crippen molar-refractivity contribution in [2.45, 2.75) is 46.1 Å². The Morgan fingerprint density at radius 2 is 2.35 bits per heavy atom. The molecule has 17 heavy (non-hydrogen) atoms. The van der Waals surface area contributed by atoms with Gasteiger partial charge in [-0.05, 0) is 18.3 Å². The summed E-state index contributed by atoms with van der Waals surface area (Å²) in [6, 6.07) is 2.48. The standard InChI is InChI=1S/C13H22N4/c1-4-11(12-15-8-9-16-12)17-10-13(2,3)6-5-7-14/h8-9,11,17H,4-6,10H2,1-3H3,(H,15,16). The maximum Gasteiger partial charge on any atom is 0.123 e. The van der Waals surface area contributed by atoms with Crippen LogP contribution in [0.3, 0.4) is 0 Å². The molecule has 0 aliphatic heterocycles. The highest BCUT2D eigenvalue weighted by atomic mass is 15.0. The van der Waals surface area contributed by atoms with E-state index < -0.39 is 0 Å². The Balaban J connectivity index is 2.45. The molecule has 0 amide bonds. The Labute approximate surface area is 103 Å². The first-order chi connectivity index (χ1) is 8.09. The maximum atomic E-state index is 8.62. The van der Waals surface area contributed by atoms with E-state index in [2.05, 4.69) is 42.1 Å². The average Bonchev–Trinajstić information content (AvgIpc) is 2.81. The third-order valence-electron chi connectivity index (χ3n) is 3.00. The van der Waals surface area contributed by atoms with E-state index in [1.807, 2.05) is 6.20 Å². The number of imidazole rings is 1. The highest BCUT2D eigenvalue weighted by Crippen LogP contribution is 2.22. The zero-order chi connectivity index (χ0) is 12.7. The van der Waals surface area contributed by atoms with Crippen LogP contribution in [0.4, 0.5) is 0 Å². The molecule has 0 saturated heterocycles. The van der Waals surface area contributed by atoms with Crippen LogP contribution in [-0.4, -0.2) is 16.5 Å². The van der Waals surface area contributed by atoms with Crippen molar-refractivity contribution < 1.29 is 0 Å². The lowest BCUT2D eigenvalue weighted by Gasteiger charge is -2.26. The molecule has 0 spiro atoms. The highest BCUT2D eigenvalue weighted by molar-refractivity contribution is 4.95. The third kappa shape index (κ3) is 4.58. The molecule has 1 unspecified atom stereocenters. The fraction of sp³-hybridized carbons (Fsp3) is 0.692. The number of aromatic nitrogens is 2. The van der Waals surface area contributed by atoms with Gasteiger partial charge in [-0.25, -0.2) is 4.98 Å². The lowest BCUT2D eigenvalue weighted by molar-refractivity contribution is 0.295. The SMILES string of the molecule is CCC(NCC(C)(C)CCC#N)c1ncc[nH]1. The summed E-state index contributed by atoms with van der Waals surface area (Å²) in [6.07, 6.45) is 6.17. The maximum absolute atomic E-state index is 8.62. The predicted molar refractivity (Wildman–Crippen MR) is 68.3 cm³/mol. The summed E-state index contributed by atoms with van der Waals surface area (Å²) in [4.78, 5) is 7.42. The van der Waals surface area contributed by atoms with E-state index in [0.717, 1.165) is 25.2 Å². The Hall–Kier alpha value is -1.34. The minimum absolute atomic E-state index is 0.149. The van der Waals surface area contributed by atoms with Gasteiger partial charge in [0.25, 0.3) is 0 Å². The molecular formula is C13H22N4. The van der Waals surface area contributed by atoms with Gasteiger partial charge in [0, 0.05) is 25.4 Å². The molecule has 1 atom stereocenters. The van der Waals surface area contributed by atoms with E-state index in [4.69, 9.17) is 5.26 Å². The lowest BCUT2D eigenvalue weighted by Crippen LogP contribution is -2.32. The summed E-state index contributed by atoms with van der Waals surface area (Å²) in [7, 11) is 0. The van der Waals surface area contributed by atoms with Crippen LogP contribution in [-0.2, 0) is 0 Å². The second-order valence-corrected chi connectivity index (χ2v) is 5.14. The first-order valence-corrected chi connectivity index (χ1v) is 6.18. The van der Waals surface area contributed by atoms with Gasteiger partial charge in [-0.15, -0.1) is 0 Å². The molecule has 4 nitrogen and oxygen atoms in total. The van der Waals surface area contributed by atoms with Crippen LogP contribution < -0.4 is 5.32 Å². The minimum atomic E-state index is 0.149. The molecule has 94 valence electrons. The van der Waals surface area contributed by atoms with Crippen molar-refractivity contribution in [1.82, 2.24) is 15.3 Å². The summed E-state index contributed by atoms with van der Waals surface area (Å²) in [5.74, 6) is 0.989. The van der Waals surface area contributed by atoms with E-state index in [1.54, 1.807) is 6.20 Å². The first-order valence-electron chi connectivity index (χ1n) is 6.18. The molecule has 1 heterocycles. The summed E-state index contributed by atoms with van der Waals surface area (Å²) >= 11 is 0. The second kappa shape index (κ2) is 6.41. The average molecular weight is 234 g/mol. The minimum Gasteiger partial charge on any atom is -0.347 e. The third-order valence-corrected chi connectivity index (χ3v) is 3.00. The Morgan fingerprint density at radius 3 is 2.88 bits per heavy atom. The van der Waals surface area contributed by atoms with Gasteiger partial charge < -0.3 is 10.3 Å². The molecule has 0 aliphatic rings. The fourth-order valence-electron chi connectivity index (χ4n) is 1.78. The van der Waals surface area contributed by atoms with Crippen molar-refractivity contribution >= 4 is 0 Å². The molecule has 1 aromatic heterocycles. The molecule has 0 aliphatic carbocycles. The zero-order valence-electron chi connectivity index (χ0n) is 11.0. The molecule has 0 saturated carbocycles. The molecule has 1 rings (SSSR count). The molecule has 1 aromatic rings. The van der Waals surface area contributed by atoms with Gasteiger partial charge in [0.15, 0.2) is 0 Å². The van der Waals surface area contributed by atoms with Crippen molar-refractivity contribution in [3.05, 3.63) is 18.2 Å². The molecule has 0 aromatic carbocycles. The van der Waals surface area contributed by atoms with Gasteiger partial charge in [0.2, 0.25) is 0 Å². The van der Waals surface area contributed by atoms with Gasteiger partial charge in [-0.2, -0.15) is 5.26 Å². The van der Waals surface area contributed by atoms with Crippen LogP contribution >= 0.6 is 0 Å². The van der Waals surface area contributed by atoms with Crippen LogP contribution in [0, 0.1) is 16.7 Å². The number of H-pyrrole nitrogens is 1. The van der Waals surface area contributed by atoms with E-state index in [1.165, 1.54) is 0 Å². The van der Waals surface area contributed by atoms with Gasteiger partial charge in [0.1, 0.15) is 5.82 Å². The van der Waals surface area contributed by atoms with Crippen LogP contribution in [0.2, 0.25) is 0 Å². The highest BCUT2D eigenvalue weighted by Gasteiger charge is 2.20. The van der Waals surface area contributed by atoms with Crippen molar-refractivity contribution in [3.8, 4) is 6.07 Å². The summed E-state index contributed by atoms with van der Waals surface area (Å²) in [5, 5.41) is 12.1. The van der Waals surface area contributed by atoms with E-state index >= 15 is 0 Å². The first kappa shape index (κ1) is 13.7. The van der Waals surface area contributed by atoms with Crippen molar-refractivity contribution in [2.24, 2.45) is 5.41 Å². The van der Waals surface area contributed by atoms with E-state index in [9.17, 15) is 0 Å². The van der Waals surface area contributed by atoms with E-state index in [-0.39, 0.29) is 11.5 Å². The lowest BCUT2D eigenvalue weighted by atomic mass is 9.87. The number of hydrogen-bond acceptors (Lipinski definition) is 3. The molecule has 4 heteroatoms. The van der Waals surface area contributed by atoms with Crippen molar-refractivity contribution in [3.63, 3.8) is 0 Å². The zero-order valence-corrected chi connectivity index (χ0v) is 11.0. The summed E-state index contributed by atoms with van der Waals surface area (Å²) < 4.78 is 0. The molecule has 2 N–H and O–H groups in total. The molecule has 0 radical (unpaired) electrons.